The molecule has 0 saturated heterocycles. The average molecular weight is 184 g/mol. The summed E-state index contributed by atoms with van der Waals surface area (Å²) in [7, 11) is 1.63. The molecule has 0 bridgehead atoms. The highest BCUT2D eigenvalue weighted by Crippen LogP contribution is 2.15. The van der Waals surface area contributed by atoms with Crippen LogP contribution in [0.5, 0.6) is 0 Å². The highest BCUT2D eigenvalue weighted by atomic mass is 16.5. The monoisotopic (exact) mass is 184 g/mol. The molecule has 0 amide bonds. The largest absolute Gasteiger partial charge is 0.497 e. The molecule has 1 atom stereocenters. The van der Waals surface area contributed by atoms with E-state index >= 15 is 0 Å². The van der Waals surface area contributed by atoms with Crippen molar-refractivity contribution in [2.45, 2.75) is 12.1 Å². The van der Waals surface area contributed by atoms with Crippen molar-refractivity contribution in [3.63, 3.8) is 0 Å². The topological polar surface area (TPSA) is 67.5 Å². The van der Waals surface area contributed by atoms with Crippen molar-refractivity contribution in [1.82, 2.24) is 5.32 Å². The molecular formula is C9H16N2O2. The number of rotatable bonds is 4. The normalized spacial score (nSPS) is 27.2. The molecule has 0 spiro atoms. The van der Waals surface area contributed by atoms with Crippen LogP contribution in [0.25, 0.3) is 0 Å². The van der Waals surface area contributed by atoms with Crippen LogP contribution in [0.2, 0.25) is 0 Å². The Bertz CT molecular complexity index is 226. The maximum absolute atomic E-state index is 8.63. The van der Waals surface area contributed by atoms with Gasteiger partial charge in [0.25, 0.3) is 0 Å². The second-order valence-electron chi connectivity index (χ2n) is 3.04. The van der Waals surface area contributed by atoms with E-state index in [1.807, 2.05) is 18.2 Å². The first-order chi connectivity index (χ1) is 6.20. The summed E-state index contributed by atoms with van der Waals surface area (Å²) in [4.78, 5) is 0. The summed E-state index contributed by atoms with van der Waals surface area (Å²) in [6, 6.07) is 0. The van der Waals surface area contributed by atoms with Gasteiger partial charge in [0.15, 0.2) is 0 Å². The van der Waals surface area contributed by atoms with Gasteiger partial charge < -0.3 is 15.6 Å². The Morgan fingerprint density at radius 2 is 2.54 bits per heavy atom. The van der Waals surface area contributed by atoms with Gasteiger partial charge in [-0.05, 0) is 18.2 Å². The molecule has 4 N–H and O–H groups in total. The molecule has 0 heterocycles. The number of ether oxygens (including phenoxy) is 1. The summed E-state index contributed by atoms with van der Waals surface area (Å²) in [6.45, 7) is 0.588. The van der Waals surface area contributed by atoms with Gasteiger partial charge in [0, 0.05) is 13.0 Å². The molecule has 0 aromatic heterocycles. The Morgan fingerprint density at radius 1 is 1.77 bits per heavy atom. The minimum atomic E-state index is -0.537. The van der Waals surface area contributed by atoms with Gasteiger partial charge in [-0.15, -0.1) is 0 Å². The average Bonchev–Trinajstić information content (AvgIpc) is 2.16. The van der Waals surface area contributed by atoms with Crippen LogP contribution in [0.1, 0.15) is 6.42 Å². The summed E-state index contributed by atoms with van der Waals surface area (Å²) in [5.41, 5.74) is 5.42. The summed E-state index contributed by atoms with van der Waals surface area (Å²) in [5, 5.41) is 11.7. The fraction of sp³-hybridized carbons (Fsp3) is 0.556. The summed E-state index contributed by atoms with van der Waals surface area (Å²) < 4.78 is 5.03. The molecule has 1 aliphatic carbocycles. The Hall–Kier alpha value is -0.840. The Morgan fingerprint density at radius 3 is 3.00 bits per heavy atom. The van der Waals surface area contributed by atoms with E-state index in [1.54, 1.807) is 7.11 Å². The van der Waals surface area contributed by atoms with Crippen molar-refractivity contribution in [3.05, 3.63) is 24.0 Å². The third-order valence-electron chi connectivity index (χ3n) is 1.99. The lowest BCUT2D eigenvalue weighted by Crippen LogP contribution is -2.53. The minimum absolute atomic E-state index is 0.0909. The number of hydrogen-bond donors (Lipinski definition) is 3. The third-order valence-corrected chi connectivity index (χ3v) is 1.99. The van der Waals surface area contributed by atoms with E-state index in [2.05, 4.69) is 5.32 Å². The lowest BCUT2D eigenvalue weighted by atomic mass is 10.0. The molecule has 13 heavy (non-hydrogen) atoms. The Balaban J connectivity index is 2.48. The second-order valence-corrected chi connectivity index (χ2v) is 3.04. The van der Waals surface area contributed by atoms with E-state index in [0.717, 1.165) is 5.76 Å². The molecule has 1 aliphatic rings. The van der Waals surface area contributed by atoms with E-state index in [4.69, 9.17) is 15.6 Å². The molecule has 74 valence electrons. The molecular weight excluding hydrogens is 168 g/mol. The predicted octanol–water partition coefficient (Wildman–Crippen LogP) is -0.286. The summed E-state index contributed by atoms with van der Waals surface area (Å²) in [6.07, 6.45) is 6.27. The van der Waals surface area contributed by atoms with Crippen molar-refractivity contribution in [2.24, 2.45) is 5.73 Å². The maximum atomic E-state index is 8.63. The van der Waals surface area contributed by atoms with Crippen LogP contribution in [0.15, 0.2) is 24.0 Å². The van der Waals surface area contributed by atoms with Crippen molar-refractivity contribution < 1.29 is 9.84 Å². The van der Waals surface area contributed by atoms with Gasteiger partial charge in [-0.1, -0.05) is 0 Å². The number of aliphatic hydroxyl groups excluding tert-OH is 1. The van der Waals surface area contributed by atoms with Crippen LogP contribution in [-0.4, -0.2) is 31.0 Å². The van der Waals surface area contributed by atoms with Crippen molar-refractivity contribution in [2.75, 3.05) is 20.3 Å². The standard InChI is InChI=1S/C9H16N2O2/c1-13-8-2-4-9(10,5-3-8)11-6-7-12/h2-4,11-12H,5-7,10H2,1H3. The van der Waals surface area contributed by atoms with Gasteiger partial charge in [-0.2, -0.15) is 0 Å². The van der Waals surface area contributed by atoms with Crippen molar-refractivity contribution >= 4 is 0 Å². The quantitative estimate of drug-likeness (QED) is 0.525. The first-order valence-corrected chi connectivity index (χ1v) is 4.28. The fourth-order valence-corrected chi connectivity index (χ4v) is 1.21. The molecule has 0 radical (unpaired) electrons. The van der Waals surface area contributed by atoms with Crippen LogP contribution < -0.4 is 11.1 Å². The molecule has 0 fully saturated rings. The molecule has 0 aromatic rings. The van der Waals surface area contributed by atoms with Crippen LogP contribution in [0.4, 0.5) is 0 Å². The lowest BCUT2D eigenvalue weighted by Gasteiger charge is -2.28. The smallest absolute Gasteiger partial charge is 0.114 e. The third kappa shape index (κ3) is 2.84. The second kappa shape index (κ2) is 4.41. The predicted molar refractivity (Wildman–Crippen MR) is 50.9 cm³/mol. The van der Waals surface area contributed by atoms with Crippen LogP contribution in [-0.2, 0) is 4.74 Å². The van der Waals surface area contributed by atoms with Gasteiger partial charge in [0.05, 0.1) is 19.4 Å². The number of methoxy groups -OCH3 is 1. The van der Waals surface area contributed by atoms with Crippen LogP contribution in [0, 0.1) is 0 Å². The first-order valence-electron chi connectivity index (χ1n) is 4.28. The fourth-order valence-electron chi connectivity index (χ4n) is 1.21. The molecule has 1 unspecified atom stereocenters. The maximum Gasteiger partial charge on any atom is 0.114 e. The molecule has 0 aliphatic heterocycles. The number of hydrogen-bond acceptors (Lipinski definition) is 4. The number of nitrogens with one attached hydrogen (secondary N) is 1. The zero-order chi connectivity index (χ0) is 9.73. The van der Waals surface area contributed by atoms with Gasteiger partial charge >= 0.3 is 0 Å². The molecule has 1 rings (SSSR count). The van der Waals surface area contributed by atoms with E-state index in [9.17, 15) is 0 Å². The van der Waals surface area contributed by atoms with Crippen LogP contribution >= 0.6 is 0 Å². The molecule has 0 aromatic carbocycles. The first kappa shape index (κ1) is 10.2. The number of aliphatic hydroxyl groups is 1. The number of allylic oxidation sites excluding steroid dienone is 1. The molecule has 0 saturated carbocycles. The Kier molecular flexibility index (Phi) is 3.48. The minimum Gasteiger partial charge on any atom is -0.497 e. The van der Waals surface area contributed by atoms with E-state index < -0.39 is 5.66 Å². The van der Waals surface area contributed by atoms with Gasteiger partial charge in [0.1, 0.15) is 5.76 Å². The summed E-state index contributed by atoms with van der Waals surface area (Å²) in [5.74, 6) is 0.826. The highest BCUT2D eigenvalue weighted by Gasteiger charge is 2.21. The number of nitrogens with two attached hydrogens (primary N) is 1. The molecule has 4 heteroatoms. The van der Waals surface area contributed by atoms with Crippen molar-refractivity contribution in [3.8, 4) is 0 Å². The van der Waals surface area contributed by atoms with Gasteiger partial charge in [0.2, 0.25) is 0 Å². The van der Waals surface area contributed by atoms with Gasteiger partial charge in [-0.3, -0.25) is 5.32 Å². The van der Waals surface area contributed by atoms with E-state index in [0.29, 0.717) is 13.0 Å². The SMILES string of the molecule is COC1=CCC(N)(NCCO)C=C1. The lowest BCUT2D eigenvalue weighted by molar-refractivity contribution is 0.265. The molecule has 4 nitrogen and oxygen atoms in total. The summed E-state index contributed by atoms with van der Waals surface area (Å²) >= 11 is 0. The van der Waals surface area contributed by atoms with E-state index in [-0.39, 0.29) is 6.61 Å². The highest BCUT2D eigenvalue weighted by molar-refractivity contribution is 5.24. The zero-order valence-electron chi connectivity index (χ0n) is 7.79. The van der Waals surface area contributed by atoms with E-state index in [1.165, 1.54) is 0 Å². The van der Waals surface area contributed by atoms with Crippen molar-refractivity contribution in [1.29, 1.82) is 0 Å². The zero-order valence-corrected chi connectivity index (χ0v) is 7.79. The Labute approximate surface area is 78.1 Å². The van der Waals surface area contributed by atoms with Gasteiger partial charge in [-0.25, -0.2) is 0 Å². The van der Waals surface area contributed by atoms with Crippen LogP contribution in [0.3, 0.4) is 0 Å².